The van der Waals surface area contributed by atoms with Crippen molar-refractivity contribution >= 4 is 6.09 Å². The summed E-state index contributed by atoms with van der Waals surface area (Å²) in [6, 6.07) is 3.48. The van der Waals surface area contributed by atoms with Crippen LogP contribution in [0.1, 0.15) is 11.1 Å². The number of aliphatic hydroxyl groups is 1. The average Bonchev–Trinajstić information content (AvgIpc) is 2.59. The first-order valence-electron chi connectivity index (χ1n) is 7.90. The smallest absolute Gasteiger partial charge is 0.430 e. The van der Waals surface area contributed by atoms with Crippen molar-refractivity contribution in [2.24, 2.45) is 0 Å². The molecule has 1 saturated heterocycles. The van der Waals surface area contributed by atoms with E-state index < -0.39 is 29.6 Å². The number of nitrogens with zero attached hydrogens (tertiary/aromatic N) is 2. The van der Waals surface area contributed by atoms with Crippen molar-refractivity contribution in [3.8, 4) is 0 Å². The van der Waals surface area contributed by atoms with E-state index in [1.54, 1.807) is 0 Å². The number of benzene rings is 1. The van der Waals surface area contributed by atoms with E-state index in [1.165, 1.54) is 12.0 Å². The SMILES string of the molecule is COC(=O)N1CCN(Cc2ccc(C(O)(C(F)(F)F)C(F)(F)F)cc2)CC1. The summed E-state index contributed by atoms with van der Waals surface area (Å²) in [5.41, 5.74) is -5.73. The van der Waals surface area contributed by atoms with Crippen LogP contribution in [-0.4, -0.2) is 66.6 Å². The second-order valence-electron chi connectivity index (χ2n) is 6.14. The fourth-order valence-corrected chi connectivity index (χ4v) is 2.82. The number of amides is 1. The summed E-state index contributed by atoms with van der Waals surface area (Å²) < 4.78 is 81.8. The lowest BCUT2D eigenvalue weighted by Gasteiger charge is -2.34. The molecule has 0 aliphatic carbocycles. The number of methoxy groups -OCH3 is 1. The van der Waals surface area contributed by atoms with Crippen LogP contribution in [-0.2, 0) is 16.9 Å². The second-order valence-corrected chi connectivity index (χ2v) is 6.14. The number of alkyl halides is 6. The number of hydrogen-bond acceptors (Lipinski definition) is 4. The first kappa shape index (κ1) is 21.3. The summed E-state index contributed by atoms with van der Waals surface area (Å²) in [6.45, 7) is 2.03. The molecule has 0 unspecified atom stereocenters. The molecule has 0 saturated carbocycles. The monoisotopic (exact) mass is 400 g/mol. The fraction of sp³-hybridized carbons (Fsp3) is 0.562. The summed E-state index contributed by atoms with van der Waals surface area (Å²) in [5.74, 6) is 0. The zero-order valence-corrected chi connectivity index (χ0v) is 14.3. The van der Waals surface area contributed by atoms with Crippen LogP contribution in [0.4, 0.5) is 31.1 Å². The lowest BCUT2D eigenvalue weighted by Crippen LogP contribution is -2.53. The van der Waals surface area contributed by atoms with Crippen molar-refractivity contribution in [2.75, 3.05) is 33.3 Å². The van der Waals surface area contributed by atoms with Gasteiger partial charge in [0.2, 0.25) is 0 Å². The number of halogens is 6. The van der Waals surface area contributed by atoms with Crippen LogP contribution in [0.3, 0.4) is 0 Å². The van der Waals surface area contributed by atoms with Crippen molar-refractivity contribution in [3.05, 3.63) is 35.4 Å². The minimum Gasteiger partial charge on any atom is -0.453 e. The van der Waals surface area contributed by atoms with Crippen molar-refractivity contribution in [1.82, 2.24) is 9.80 Å². The Labute approximate surface area is 151 Å². The number of carbonyl (C=O) groups excluding carboxylic acids is 1. The zero-order chi connectivity index (χ0) is 20.5. The topological polar surface area (TPSA) is 53.0 Å². The summed E-state index contributed by atoms with van der Waals surface area (Å²) in [5, 5.41) is 9.36. The van der Waals surface area contributed by atoms with Crippen LogP contribution >= 0.6 is 0 Å². The van der Waals surface area contributed by atoms with Gasteiger partial charge in [0.05, 0.1) is 7.11 Å². The molecule has 1 aliphatic heterocycles. The van der Waals surface area contributed by atoms with E-state index in [2.05, 4.69) is 4.74 Å². The lowest BCUT2D eigenvalue weighted by molar-refractivity contribution is -0.376. The molecule has 1 aromatic rings. The van der Waals surface area contributed by atoms with Gasteiger partial charge < -0.3 is 14.7 Å². The largest absolute Gasteiger partial charge is 0.453 e. The Balaban J connectivity index is 2.08. The van der Waals surface area contributed by atoms with Gasteiger partial charge in [0, 0.05) is 38.3 Å². The van der Waals surface area contributed by atoms with E-state index in [4.69, 9.17) is 0 Å². The Bertz CT molecular complexity index is 638. The normalized spacial score (nSPS) is 17.1. The highest BCUT2D eigenvalue weighted by atomic mass is 19.4. The van der Waals surface area contributed by atoms with Crippen LogP contribution < -0.4 is 0 Å². The molecule has 0 bridgehead atoms. The lowest BCUT2D eigenvalue weighted by atomic mass is 9.91. The van der Waals surface area contributed by atoms with Gasteiger partial charge in [0.25, 0.3) is 5.60 Å². The number of ether oxygens (including phenoxy) is 1. The van der Waals surface area contributed by atoms with Gasteiger partial charge in [-0.2, -0.15) is 26.3 Å². The van der Waals surface area contributed by atoms with Crippen LogP contribution in [0.2, 0.25) is 0 Å². The maximum absolute atomic E-state index is 12.9. The number of rotatable bonds is 3. The van der Waals surface area contributed by atoms with Crippen LogP contribution in [0.5, 0.6) is 0 Å². The maximum atomic E-state index is 12.9. The number of carbonyl (C=O) groups is 1. The van der Waals surface area contributed by atoms with E-state index >= 15 is 0 Å². The van der Waals surface area contributed by atoms with Gasteiger partial charge in [0.15, 0.2) is 0 Å². The van der Waals surface area contributed by atoms with Gasteiger partial charge in [0.1, 0.15) is 0 Å². The van der Waals surface area contributed by atoms with E-state index in [0.717, 1.165) is 12.1 Å². The molecular weight excluding hydrogens is 382 g/mol. The molecule has 1 heterocycles. The summed E-state index contributed by atoms with van der Waals surface area (Å²) in [6.07, 6.45) is -12.3. The molecule has 11 heteroatoms. The molecule has 1 N–H and O–H groups in total. The van der Waals surface area contributed by atoms with Crippen molar-refractivity contribution < 1.29 is 41.0 Å². The Morgan fingerprint density at radius 3 is 1.89 bits per heavy atom. The summed E-state index contributed by atoms with van der Waals surface area (Å²) >= 11 is 0. The highest BCUT2D eigenvalue weighted by molar-refractivity contribution is 5.67. The van der Waals surface area contributed by atoms with Gasteiger partial charge in [-0.05, 0) is 5.56 Å². The average molecular weight is 400 g/mol. The molecule has 0 spiro atoms. The Hall–Kier alpha value is -2.01. The molecule has 2 rings (SSSR count). The minimum absolute atomic E-state index is 0.283. The van der Waals surface area contributed by atoms with Gasteiger partial charge in [-0.15, -0.1) is 0 Å². The molecule has 1 aromatic carbocycles. The molecule has 5 nitrogen and oxygen atoms in total. The Morgan fingerprint density at radius 2 is 1.48 bits per heavy atom. The van der Waals surface area contributed by atoms with Crippen LogP contribution in [0.25, 0.3) is 0 Å². The van der Waals surface area contributed by atoms with E-state index in [0.29, 0.717) is 43.9 Å². The highest BCUT2D eigenvalue weighted by Crippen LogP contribution is 2.49. The third-order valence-electron chi connectivity index (χ3n) is 4.40. The predicted molar refractivity (Wildman–Crippen MR) is 81.7 cm³/mol. The fourth-order valence-electron chi connectivity index (χ4n) is 2.82. The molecule has 0 atom stereocenters. The molecular formula is C16H18F6N2O3. The van der Waals surface area contributed by atoms with Crippen molar-refractivity contribution in [2.45, 2.75) is 24.5 Å². The molecule has 1 fully saturated rings. The van der Waals surface area contributed by atoms with E-state index in [1.807, 2.05) is 4.90 Å². The molecule has 152 valence electrons. The minimum atomic E-state index is -5.91. The summed E-state index contributed by atoms with van der Waals surface area (Å²) in [7, 11) is 1.26. The zero-order valence-electron chi connectivity index (χ0n) is 14.3. The maximum Gasteiger partial charge on any atom is 0.430 e. The Morgan fingerprint density at radius 1 is 1.00 bits per heavy atom. The predicted octanol–water partition coefficient (Wildman–Crippen LogP) is 2.88. The van der Waals surface area contributed by atoms with Gasteiger partial charge in [-0.25, -0.2) is 4.79 Å². The number of hydrogen-bond donors (Lipinski definition) is 1. The molecule has 0 radical (unpaired) electrons. The standard InChI is InChI=1S/C16H18F6N2O3/c1-27-13(25)24-8-6-23(7-9-24)10-11-2-4-12(5-3-11)14(26,15(17,18)19)16(20,21)22/h2-5,26H,6-10H2,1H3. The first-order valence-corrected chi connectivity index (χ1v) is 7.90. The van der Waals surface area contributed by atoms with Gasteiger partial charge in [-0.3, -0.25) is 4.90 Å². The van der Waals surface area contributed by atoms with E-state index in [-0.39, 0.29) is 6.54 Å². The Kier molecular flexibility index (Phi) is 5.95. The van der Waals surface area contributed by atoms with Crippen LogP contribution in [0.15, 0.2) is 24.3 Å². The first-order chi connectivity index (χ1) is 12.4. The number of piperazine rings is 1. The second kappa shape index (κ2) is 7.55. The summed E-state index contributed by atoms with van der Waals surface area (Å²) in [4.78, 5) is 14.8. The molecule has 1 aliphatic rings. The molecule has 27 heavy (non-hydrogen) atoms. The van der Waals surface area contributed by atoms with Crippen molar-refractivity contribution in [1.29, 1.82) is 0 Å². The van der Waals surface area contributed by atoms with Gasteiger partial charge in [-0.1, -0.05) is 24.3 Å². The molecule has 0 aromatic heterocycles. The van der Waals surface area contributed by atoms with E-state index in [9.17, 15) is 36.2 Å². The third kappa shape index (κ3) is 4.29. The quantitative estimate of drug-likeness (QED) is 0.793. The molecule has 1 amide bonds. The highest BCUT2D eigenvalue weighted by Gasteiger charge is 2.71. The third-order valence-corrected chi connectivity index (χ3v) is 4.40. The van der Waals surface area contributed by atoms with Crippen molar-refractivity contribution in [3.63, 3.8) is 0 Å². The van der Waals surface area contributed by atoms with Crippen LogP contribution in [0, 0.1) is 0 Å². The van der Waals surface area contributed by atoms with Gasteiger partial charge >= 0.3 is 18.4 Å².